The van der Waals surface area contributed by atoms with Gasteiger partial charge in [0.25, 0.3) is 11.4 Å². The van der Waals surface area contributed by atoms with Crippen LogP contribution >= 0.6 is 0 Å². The molecule has 154 valence electrons. The number of hydrogen-bond acceptors (Lipinski definition) is 7. The number of aromatic nitrogens is 2. The number of nitrogens with zero attached hydrogens (tertiary/aromatic N) is 6. The van der Waals surface area contributed by atoms with Gasteiger partial charge in [-0.25, -0.2) is 4.68 Å². The Morgan fingerprint density at radius 1 is 1.03 bits per heavy atom. The fraction of sp³-hybridized carbons (Fsp3) is 0.200. The molecule has 0 fully saturated rings. The maximum atomic E-state index is 11.4. The van der Waals surface area contributed by atoms with E-state index in [0.29, 0.717) is 28.3 Å². The lowest BCUT2D eigenvalue weighted by molar-refractivity contribution is -0.384. The van der Waals surface area contributed by atoms with Crippen molar-refractivity contribution in [3.8, 4) is 5.69 Å². The van der Waals surface area contributed by atoms with Crippen LogP contribution in [0.1, 0.15) is 17.0 Å². The van der Waals surface area contributed by atoms with Crippen LogP contribution in [0.15, 0.2) is 47.5 Å². The first-order valence-electron chi connectivity index (χ1n) is 9.00. The molecule has 3 aromatic rings. The van der Waals surface area contributed by atoms with Crippen molar-refractivity contribution in [2.24, 2.45) is 4.99 Å². The average Bonchev–Trinajstić information content (AvgIpc) is 2.99. The molecule has 10 nitrogen and oxygen atoms in total. The average molecular weight is 408 g/mol. The summed E-state index contributed by atoms with van der Waals surface area (Å²) in [6, 6.07) is 11.0. The molecule has 0 saturated heterocycles. The van der Waals surface area contributed by atoms with Crippen molar-refractivity contribution in [2.75, 3.05) is 19.0 Å². The first kappa shape index (κ1) is 20.6. The first-order valence-corrected chi connectivity index (χ1v) is 9.00. The van der Waals surface area contributed by atoms with E-state index in [9.17, 15) is 20.2 Å². The highest BCUT2D eigenvalue weighted by Crippen LogP contribution is 2.29. The molecule has 0 N–H and O–H groups in total. The van der Waals surface area contributed by atoms with E-state index in [1.165, 1.54) is 18.2 Å². The van der Waals surface area contributed by atoms with Gasteiger partial charge in [-0.15, -0.1) is 0 Å². The third-order valence-corrected chi connectivity index (χ3v) is 4.58. The predicted octanol–water partition coefficient (Wildman–Crippen LogP) is 4.12. The van der Waals surface area contributed by atoms with Gasteiger partial charge in [-0.2, -0.15) is 5.10 Å². The van der Waals surface area contributed by atoms with Gasteiger partial charge >= 0.3 is 0 Å². The first-order chi connectivity index (χ1) is 14.2. The molecule has 0 aliphatic heterocycles. The molecule has 0 aliphatic carbocycles. The Hall–Kier alpha value is -4.08. The molecule has 2 aromatic carbocycles. The number of nitro groups is 2. The minimum absolute atomic E-state index is 0.000955. The topological polar surface area (TPSA) is 120 Å². The van der Waals surface area contributed by atoms with Gasteiger partial charge in [-0.05, 0) is 37.6 Å². The summed E-state index contributed by atoms with van der Waals surface area (Å²) in [5.74, 6) is 0. The summed E-state index contributed by atoms with van der Waals surface area (Å²) in [5.41, 5.74) is 3.82. The zero-order valence-electron chi connectivity index (χ0n) is 16.9. The van der Waals surface area contributed by atoms with Crippen LogP contribution in [0.3, 0.4) is 0 Å². The van der Waals surface area contributed by atoms with Gasteiger partial charge < -0.3 is 4.90 Å². The number of anilines is 1. The number of rotatable bonds is 6. The van der Waals surface area contributed by atoms with Crippen LogP contribution < -0.4 is 4.90 Å². The summed E-state index contributed by atoms with van der Waals surface area (Å²) in [6.45, 7) is 3.64. The van der Waals surface area contributed by atoms with E-state index in [1.54, 1.807) is 61.1 Å². The summed E-state index contributed by atoms with van der Waals surface area (Å²) >= 11 is 0. The molecule has 30 heavy (non-hydrogen) atoms. The Balaban J connectivity index is 1.94. The van der Waals surface area contributed by atoms with Gasteiger partial charge in [0.15, 0.2) is 0 Å². The standard InChI is InChI=1S/C20H20N6O4/c1-13-20(14(2)24(22-13)16-6-8-17(9-7-16)25(27)28)21-12-15-5-10-18(23(3)4)19(11-15)26(29)30/h5-12H,1-4H3. The van der Waals surface area contributed by atoms with Crippen LogP contribution in [-0.4, -0.2) is 39.9 Å². The maximum absolute atomic E-state index is 11.4. The van der Waals surface area contributed by atoms with E-state index in [0.717, 1.165) is 5.69 Å². The van der Waals surface area contributed by atoms with Gasteiger partial charge in [-0.1, -0.05) is 6.07 Å². The van der Waals surface area contributed by atoms with Crippen LogP contribution in [-0.2, 0) is 0 Å². The van der Waals surface area contributed by atoms with Gasteiger partial charge in [-0.3, -0.25) is 25.2 Å². The second-order valence-electron chi connectivity index (χ2n) is 6.86. The molecule has 0 unspecified atom stereocenters. The van der Waals surface area contributed by atoms with Crippen LogP contribution in [0, 0.1) is 34.1 Å². The Bertz CT molecular complexity index is 1150. The number of nitro benzene ring substituents is 2. The van der Waals surface area contributed by atoms with Crippen LogP contribution in [0.2, 0.25) is 0 Å². The van der Waals surface area contributed by atoms with Crippen molar-refractivity contribution in [3.05, 3.63) is 79.6 Å². The van der Waals surface area contributed by atoms with E-state index >= 15 is 0 Å². The van der Waals surface area contributed by atoms with Gasteiger partial charge in [0.2, 0.25) is 0 Å². The molecule has 0 spiro atoms. The summed E-state index contributed by atoms with van der Waals surface area (Å²) in [6.07, 6.45) is 1.56. The fourth-order valence-corrected chi connectivity index (χ4v) is 3.07. The molecule has 3 rings (SSSR count). The molecule has 0 radical (unpaired) electrons. The number of aliphatic imine (C=N–C) groups is 1. The summed E-state index contributed by atoms with van der Waals surface area (Å²) in [5, 5.41) is 26.7. The third kappa shape index (κ3) is 4.02. The predicted molar refractivity (Wildman–Crippen MR) is 114 cm³/mol. The van der Waals surface area contributed by atoms with Crippen molar-refractivity contribution < 1.29 is 9.85 Å². The minimum Gasteiger partial charge on any atom is -0.372 e. The highest BCUT2D eigenvalue weighted by atomic mass is 16.6. The maximum Gasteiger partial charge on any atom is 0.293 e. The molecule has 1 aromatic heterocycles. The minimum atomic E-state index is -0.457. The van der Waals surface area contributed by atoms with Gasteiger partial charge in [0.1, 0.15) is 11.4 Å². The van der Waals surface area contributed by atoms with Crippen molar-refractivity contribution in [1.82, 2.24) is 9.78 Å². The van der Waals surface area contributed by atoms with Crippen LogP contribution in [0.4, 0.5) is 22.7 Å². The molecule has 0 atom stereocenters. The zero-order valence-corrected chi connectivity index (χ0v) is 16.9. The molecular weight excluding hydrogens is 388 g/mol. The molecular formula is C20H20N6O4. The van der Waals surface area contributed by atoms with E-state index in [-0.39, 0.29) is 11.4 Å². The summed E-state index contributed by atoms with van der Waals surface area (Å²) < 4.78 is 1.66. The van der Waals surface area contributed by atoms with Crippen LogP contribution in [0.5, 0.6) is 0 Å². The van der Waals surface area contributed by atoms with Crippen molar-refractivity contribution in [3.63, 3.8) is 0 Å². The quantitative estimate of drug-likeness (QED) is 0.344. The summed E-state index contributed by atoms with van der Waals surface area (Å²) in [7, 11) is 3.49. The smallest absolute Gasteiger partial charge is 0.293 e. The highest BCUT2D eigenvalue weighted by molar-refractivity contribution is 5.85. The zero-order chi connectivity index (χ0) is 22.0. The van der Waals surface area contributed by atoms with E-state index in [4.69, 9.17) is 0 Å². The monoisotopic (exact) mass is 408 g/mol. The molecule has 0 amide bonds. The molecule has 0 bridgehead atoms. The molecule has 0 aliphatic rings. The Labute approximate surface area is 172 Å². The number of aryl methyl sites for hydroxylation is 1. The van der Waals surface area contributed by atoms with Crippen LogP contribution in [0.25, 0.3) is 5.69 Å². The Morgan fingerprint density at radius 3 is 2.27 bits per heavy atom. The molecule has 0 saturated carbocycles. The van der Waals surface area contributed by atoms with Gasteiger partial charge in [0, 0.05) is 38.5 Å². The lowest BCUT2D eigenvalue weighted by Gasteiger charge is -2.12. The van der Waals surface area contributed by atoms with E-state index in [2.05, 4.69) is 10.1 Å². The van der Waals surface area contributed by atoms with Gasteiger partial charge in [0.05, 0.1) is 26.9 Å². The highest BCUT2D eigenvalue weighted by Gasteiger charge is 2.16. The second kappa shape index (κ2) is 8.11. The second-order valence-corrected chi connectivity index (χ2v) is 6.86. The SMILES string of the molecule is Cc1nn(-c2ccc([N+](=O)[O-])cc2)c(C)c1N=Cc1ccc(N(C)C)c([N+](=O)[O-])c1. The molecule has 10 heteroatoms. The Kier molecular flexibility index (Phi) is 5.58. The Morgan fingerprint density at radius 2 is 1.70 bits per heavy atom. The largest absolute Gasteiger partial charge is 0.372 e. The number of non-ortho nitro benzene ring substituents is 1. The van der Waals surface area contributed by atoms with Crippen molar-refractivity contribution >= 4 is 29.0 Å². The third-order valence-electron chi connectivity index (χ3n) is 4.58. The molecule has 1 heterocycles. The summed E-state index contributed by atoms with van der Waals surface area (Å²) in [4.78, 5) is 27.5. The fourth-order valence-electron chi connectivity index (χ4n) is 3.07. The number of hydrogen-bond donors (Lipinski definition) is 0. The lowest BCUT2D eigenvalue weighted by atomic mass is 10.1. The lowest BCUT2D eigenvalue weighted by Crippen LogP contribution is -2.11. The van der Waals surface area contributed by atoms with E-state index < -0.39 is 9.85 Å². The number of benzene rings is 2. The van der Waals surface area contributed by atoms with E-state index in [1.807, 2.05) is 6.92 Å². The van der Waals surface area contributed by atoms with Crippen molar-refractivity contribution in [2.45, 2.75) is 13.8 Å². The normalized spacial score (nSPS) is 11.1. The van der Waals surface area contributed by atoms with Crippen molar-refractivity contribution in [1.29, 1.82) is 0 Å².